The highest BCUT2D eigenvalue weighted by Gasteiger charge is 2.35. The van der Waals surface area contributed by atoms with E-state index in [-0.39, 0.29) is 24.5 Å². The first-order valence-corrected chi connectivity index (χ1v) is 14.0. The van der Waals surface area contributed by atoms with Crippen LogP contribution in [0.5, 0.6) is 5.75 Å². The van der Waals surface area contributed by atoms with Crippen molar-refractivity contribution in [2.45, 2.75) is 76.3 Å². The zero-order chi connectivity index (χ0) is 29.6. The van der Waals surface area contributed by atoms with E-state index in [1.165, 1.54) is 0 Å². The molecule has 0 spiro atoms. The Balaban J connectivity index is 1.56. The highest BCUT2D eigenvalue weighted by atomic mass is 16.6. The predicted octanol–water partition coefficient (Wildman–Crippen LogP) is 4.21. The summed E-state index contributed by atoms with van der Waals surface area (Å²) in [6.07, 6.45) is -1.37. The first kappa shape index (κ1) is 30.1. The van der Waals surface area contributed by atoms with Gasteiger partial charge in [0.2, 0.25) is 5.91 Å². The van der Waals surface area contributed by atoms with E-state index in [4.69, 9.17) is 4.74 Å². The molecule has 5 atom stereocenters. The Labute approximate surface area is 241 Å². The minimum Gasteiger partial charge on any atom is -0.508 e. The van der Waals surface area contributed by atoms with Crippen molar-refractivity contribution in [1.82, 2.24) is 10.6 Å². The van der Waals surface area contributed by atoms with Crippen LogP contribution in [0, 0.1) is 5.92 Å². The number of hydrogen-bond acceptors (Lipinski definition) is 6. The predicted molar refractivity (Wildman–Crippen MR) is 156 cm³/mol. The standard InChI is InChI=1S/C33H40N2O6/c1-33(2,3)41-32(40)34-27(18-21-9-5-4-6-10-21)28(37)20-24(17-22-13-15-25(36)16-14-22)31(39)35-30-26-12-8-7-11-23(26)19-29(30)38/h4-16,24,27-30,36-38H,17-20H2,1-3H3,(H,34,40)(H,35,39)/t24-,27+,28+,29-,30-/m1/s1. The average molecular weight is 561 g/mol. The van der Waals surface area contributed by atoms with Gasteiger partial charge in [-0.2, -0.15) is 0 Å². The lowest BCUT2D eigenvalue weighted by Gasteiger charge is -2.29. The van der Waals surface area contributed by atoms with Gasteiger partial charge in [0.15, 0.2) is 0 Å². The first-order valence-electron chi connectivity index (χ1n) is 14.0. The maximum atomic E-state index is 13.8. The number of nitrogens with one attached hydrogen (secondary N) is 2. The van der Waals surface area contributed by atoms with Crippen molar-refractivity contribution in [3.05, 3.63) is 101 Å². The Morgan fingerprint density at radius 3 is 2.24 bits per heavy atom. The molecule has 8 heteroatoms. The number of amides is 2. The van der Waals surface area contributed by atoms with E-state index in [0.717, 1.165) is 22.3 Å². The van der Waals surface area contributed by atoms with Crippen molar-refractivity contribution in [2.24, 2.45) is 5.92 Å². The second kappa shape index (κ2) is 13.2. The maximum absolute atomic E-state index is 13.8. The Morgan fingerprint density at radius 1 is 0.927 bits per heavy atom. The number of aliphatic hydroxyl groups excluding tert-OH is 2. The van der Waals surface area contributed by atoms with Crippen LogP contribution in [0.4, 0.5) is 4.79 Å². The van der Waals surface area contributed by atoms with E-state index >= 15 is 0 Å². The average Bonchev–Trinajstić information content (AvgIpc) is 3.23. The highest BCUT2D eigenvalue weighted by molar-refractivity contribution is 5.80. The van der Waals surface area contributed by atoms with Gasteiger partial charge in [-0.3, -0.25) is 4.79 Å². The van der Waals surface area contributed by atoms with Crippen molar-refractivity contribution < 1.29 is 29.6 Å². The minimum atomic E-state index is -1.09. The van der Waals surface area contributed by atoms with Crippen molar-refractivity contribution in [3.63, 3.8) is 0 Å². The molecule has 1 aliphatic carbocycles. The van der Waals surface area contributed by atoms with E-state index in [1.807, 2.05) is 54.6 Å². The van der Waals surface area contributed by atoms with Crippen molar-refractivity contribution in [3.8, 4) is 5.75 Å². The topological polar surface area (TPSA) is 128 Å². The molecule has 0 aromatic heterocycles. The molecule has 1 aliphatic rings. The van der Waals surface area contributed by atoms with Crippen LogP contribution in [-0.4, -0.2) is 51.2 Å². The molecule has 3 aromatic carbocycles. The molecule has 0 aliphatic heterocycles. The van der Waals surface area contributed by atoms with Crippen LogP contribution in [-0.2, 0) is 28.8 Å². The molecule has 4 rings (SSSR count). The van der Waals surface area contributed by atoms with E-state index in [1.54, 1.807) is 45.0 Å². The maximum Gasteiger partial charge on any atom is 0.407 e. The Morgan fingerprint density at radius 2 is 1.56 bits per heavy atom. The largest absolute Gasteiger partial charge is 0.508 e. The van der Waals surface area contributed by atoms with Crippen LogP contribution in [0.25, 0.3) is 0 Å². The molecule has 218 valence electrons. The fourth-order valence-corrected chi connectivity index (χ4v) is 5.28. The monoisotopic (exact) mass is 560 g/mol. The Hall–Kier alpha value is -3.88. The number of carbonyl (C=O) groups excluding carboxylic acids is 2. The van der Waals surface area contributed by atoms with Crippen LogP contribution in [0.1, 0.15) is 55.5 Å². The number of phenolic OH excluding ortho intramolecular Hbond substituents is 1. The van der Waals surface area contributed by atoms with Gasteiger partial charge in [0.25, 0.3) is 0 Å². The number of ether oxygens (including phenoxy) is 1. The van der Waals surface area contributed by atoms with Gasteiger partial charge in [0.1, 0.15) is 11.4 Å². The summed E-state index contributed by atoms with van der Waals surface area (Å²) in [6, 6.07) is 22.4. The summed E-state index contributed by atoms with van der Waals surface area (Å²) in [5, 5.41) is 37.8. The molecule has 0 saturated carbocycles. The first-order chi connectivity index (χ1) is 19.5. The molecule has 0 saturated heterocycles. The van der Waals surface area contributed by atoms with Crippen molar-refractivity contribution in [1.29, 1.82) is 0 Å². The molecule has 0 bridgehead atoms. The second-order valence-electron chi connectivity index (χ2n) is 11.8. The quantitative estimate of drug-likeness (QED) is 0.253. The van der Waals surface area contributed by atoms with Crippen molar-refractivity contribution in [2.75, 3.05) is 0 Å². The Bertz CT molecular complexity index is 1310. The molecular formula is C33H40N2O6. The summed E-state index contributed by atoms with van der Waals surface area (Å²) in [5.41, 5.74) is 2.88. The van der Waals surface area contributed by atoms with Crippen molar-refractivity contribution >= 4 is 12.0 Å². The van der Waals surface area contributed by atoms with Crippen LogP contribution < -0.4 is 10.6 Å². The van der Waals surface area contributed by atoms with E-state index in [0.29, 0.717) is 12.8 Å². The molecular weight excluding hydrogens is 520 g/mol. The van der Waals surface area contributed by atoms with E-state index in [2.05, 4.69) is 10.6 Å². The highest BCUT2D eigenvalue weighted by Crippen LogP contribution is 2.32. The van der Waals surface area contributed by atoms with Crippen LogP contribution in [0.2, 0.25) is 0 Å². The normalized spacial score (nSPS) is 18.6. The number of aromatic hydroxyl groups is 1. The summed E-state index contributed by atoms with van der Waals surface area (Å²) in [7, 11) is 0. The fraction of sp³-hybridized carbons (Fsp3) is 0.394. The van der Waals surface area contributed by atoms with Gasteiger partial charge in [0, 0.05) is 12.3 Å². The van der Waals surface area contributed by atoms with Gasteiger partial charge in [0.05, 0.1) is 24.3 Å². The summed E-state index contributed by atoms with van der Waals surface area (Å²) < 4.78 is 5.46. The van der Waals surface area contributed by atoms with Gasteiger partial charge in [-0.15, -0.1) is 0 Å². The summed E-state index contributed by atoms with van der Waals surface area (Å²) >= 11 is 0. The third-order valence-electron chi connectivity index (χ3n) is 7.28. The number of aliphatic hydroxyl groups is 2. The molecule has 41 heavy (non-hydrogen) atoms. The van der Waals surface area contributed by atoms with Gasteiger partial charge < -0.3 is 30.7 Å². The van der Waals surface area contributed by atoms with Crippen LogP contribution in [0.15, 0.2) is 78.9 Å². The van der Waals surface area contributed by atoms with E-state index in [9.17, 15) is 24.9 Å². The molecule has 2 amide bonds. The minimum absolute atomic E-state index is 0.0461. The van der Waals surface area contributed by atoms with Gasteiger partial charge in [-0.1, -0.05) is 66.7 Å². The third kappa shape index (κ3) is 8.55. The molecule has 3 aromatic rings. The summed E-state index contributed by atoms with van der Waals surface area (Å²) in [6.45, 7) is 5.30. The summed E-state index contributed by atoms with van der Waals surface area (Å²) in [4.78, 5) is 26.5. The number of benzene rings is 3. The summed E-state index contributed by atoms with van der Waals surface area (Å²) in [5.74, 6) is -0.883. The number of hydrogen-bond donors (Lipinski definition) is 5. The molecule has 0 heterocycles. The number of carbonyl (C=O) groups is 2. The second-order valence-corrected chi connectivity index (χ2v) is 11.8. The zero-order valence-electron chi connectivity index (χ0n) is 23.8. The lowest BCUT2D eigenvalue weighted by molar-refractivity contribution is -0.127. The third-order valence-corrected chi connectivity index (χ3v) is 7.28. The zero-order valence-corrected chi connectivity index (χ0v) is 23.8. The molecule has 0 unspecified atom stereocenters. The lowest BCUT2D eigenvalue weighted by Crippen LogP contribution is -2.48. The lowest BCUT2D eigenvalue weighted by atomic mass is 9.88. The number of phenols is 1. The van der Waals surface area contributed by atoms with Gasteiger partial charge in [-0.25, -0.2) is 4.79 Å². The van der Waals surface area contributed by atoms with Crippen LogP contribution in [0.3, 0.4) is 0 Å². The smallest absolute Gasteiger partial charge is 0.407 e. The number of alkyl carbamates (subject to hydrolysis) is 1. The molecule has 5 N–H and O–H groups in total. The molecule has 0 radical (unpaired) electrons. The Kier molecular flexibility index (Phi) is 9.68. The van der Waals surface area contributed by atoms with E-state index < -0.39 is 41.9 Å². The van der Waals surface area contributed by atoms with Gasteiger partial charge >= 0.3 is 6.09 Å². The fourth-order valence-electron chi connectivity index (χ4n) is 5.28. The number of rotatable bonds is 10. The SMILES string of the molecule is CC(C)(C)OC(=O)N[C@@H](Cc1ccccc1)[C@@H](O)C[C@@H](Cc1ccc(O)cc1)C(=O)N[C@@H]1c2ccccc2C[C@H]1O. The number of fused-ring (bicyclic) bond motifs is 1. The molecule has 8 nitrogen and oxygen atoms in total. The van der Waals surface area contributed by atoms with Crippen LogP contribution >= 0.6 is 0 Å². The van der Waals surface area contributed by atoms with Gasteiger partial charge in [-0.05, 0) is 74.4 Å². The molecule has 0 fully saturated rings.